The second-order valence-corrected chi connectivity index (χ2v) is 7.94. The van der Waals surface area contributed by atoms with Crippen molar-refractivity contribution in [1.82, 2.24) is 20.0 Å². The van der Waals surface area contributed by atoms with E-state index in [-0.39, 0.29) is 17.4 Å². The lowest BCUT2D eigenvalue weighted by Gasteiger charge is -2.26. The number of carbonyl (C=O) groups excluding carboxylic acids is 2. The minimum absolute atomic E-state index is 0.0416. The normalized spacial score (nSPS) is 17.8. The summed E-state index contributed by atoms with van der Waals surface area (Å²) in [5.74, 6) is 0.0416. The van der Waals surface area contributed by atoms with Crippen molar-refractivity contribution in [3.8, 4) is 0 Å². The minimum Gasteiger partial charge on any atom is -0.339 e. The molecule has 2 aliphatic rings. The summed E-state index contributed by atoms with van der Waals surface area (Å²) in [6, 6.07) is 8.86. The number of rotatable bonds is 6. The van der Waals surface area contributed by atoms with Crippen molar-refractivity contribution < 1.29 is 9.59 Å². The quantitative estimate of drug-likeness (QED) is 0.807. The molecule has 7 nitrogen and oxygen atoms in total. The molecule has 2 N–H and O–H groups in total. The Balaban J connectivity index is 1.30. The first-order valence-corrected chi connectivity index (χ1v) is 10.1. The number of benzene rings is 1. The number of nitrogens with zero attached hydrogens (tertiary/aromatic N) is 3. The first kappa shape index (κ1) is 18.5. The Hall–Kier alpha value is -2.83. The lowest BCUT2D eigenvalue weighted by atomic mass is 10.1. The van der Waals surface area contributed by atoms with E-state index >= 15 is 0 Å². The summed E-state index contributed by atoms with van der Waals surface area (Å²) in [7, 11) is 0. The van der Waals surface area contributed by atoms with E-state index < -0.39 is 0 Å². The Bertz CT molecular complexity index is 823. The van der Waals surface area contributed by atoms with Gasteiger partial charge in [-0.1, -0.05) is 6.07 Å². The van der Waals surface area contributed by atoms with E-state index in [0.29, 0.717) is 17.8 Å². The third kappa shape index (κ3) is 4.52. The van der Waals surface area contributed by atoms with E-state index in [1.165, 1.54) is 6.42 Å². The van der Waals surface area contributed by atoms with Crippen molar-refractivity contribution in [3.05, 3.63) is 48.3 Å². The highest BCUT2D eigenvalue weighted by Crippen LogP contribution is 2.46. The maximum atomic E-state index is 12.6. The molecule has 1 aliphatic carbocycles. The molecule has 4 rings (SSSR count). The Morgan fingerprint density at radius 2 is 1.93 bits per heavy atom. The number of urea groups is 1. The van der Waals surface area contributed by atoms with Crippen molar-refractivity contribution in [2.24, 2.45) is 5.41 Å². The van der Waals surface area contributed by atoms with Gasteiger partial charge < -0.3 is 15.5 Å². The fourth-order valence-corrected chi connectivity index (χ4v) is 3.76. The van der Waals surface area contributed by atoms with Gasteiger partial charge in [-0.15, -0.1) is 0 Å². The lowest BCUT2D eigenvalue weighted by molar-refractivity contribution is 0.0724. The molecule has 1 saturated heterocycles. The van der Waals surface area contributed by atoms with Gasteiger partial charge in [0.05, 0.1) is 0 Å². The van der Waals surface area contributed by atoms with Gasteiger partial charge in [0.1, 0.15) is 0 Å². The zero-order valence-corrected chi connectivity index (χ0v) is 16.1. The zero-order valence-electron chi connectivity index (χ0n) is 16.1. The smallest absolute Gasteiger partial charge is 0.319 e. The Labute approximate surface area is 165 Å². The topological polar surface area (TPSA) is 79.3 Å². The van der Waals surface area contributed by atoms with Crippen molar-refractivity contribution in [2.75, 3.05) is 25.0 Å². The van der Waals surface area contributed by atoms with E-state index in [1.54, 1.807) is 12.3 Å². The molecule has 148 valence electrons. The largest absolute Gasteiger partial charge is 0.339 e. The second-order valence-electron chi connectivity index (χ2n) is 7.94. The average molecular weight is 381 g/mol. The fraction of sp³-hybridized carbons (Fsp3) is 0.476. The number of amides is 3. The summed E-state index contributed by atoms with van der Waals surface area (Å²) < 4.78 is 1.92. The summed E-state index contributed by atoms with van der Waals surface area (Å²) in [4.78, 5) is 26.9. The molecule has 0 spiro atoms. The Morgan fingerprint density at radius 3 is 2.64 bits per heavy atom. The molecule has 1 saturated carbocycles. The van der Waals surface area contributed by atoms with Crippen LogP contribution in [0.5, 0.6) is 0 Å². The molecule has 1 aromatic heterocycles. The van der Waals surface area contributed by atoms with Gasteiger partial charge >= 0.3 is 6.03 Å². The molecule has 2 aromatic rings. The Morgan fingerprint density at radius 1 is 1.11 bits per heavy atom. The van der Waals surface area contributed by atoms with Crippen LogP contribution in [-0.2, 0) is 6.54 Å². The van der Waals surface area contributed by atoms with Crippen LogP contribution in [0.15, 0.2) is 42.7 Å². The summed E-state index contributed by atoms with van der Waals surface area (Å²) in [6.07, 6.45) is 9.21. The molecule has 0 bridgehead atoms. The van der Waals surface area contributed by atoms with Gasteiger partial charge in [-0.2, -0.15) is 5.10 Å². The number of hydrogen-bond acceptors (Lipinski definition) is 3. The highest BCUT2D eigenvalue weighted by Gasteiger charge is 2.43. The van der Waals surface area contributed by atoms with Crippen LogP contribution in [0.4, 0.5) is 10.5 Å². The van der Waals surface area contributed by atoms with E-state index in [0.717, 1.165) is 45.3 Å². The molecule has 2 heterocycles. The standard InChI is InChI=1S/C21H27N5O2/c27-19(25-11-2-1-3-12-25)17-6-4-7-18(14-17)24-20(28)22-15-21(8-9-21)16-26-13-5-10-23-26/h4-7,10,13-14H,1-3,8-9,11-12,15-16H2,(H2,22,24,28). The predicted octanol–water partition coefficient (Wildman–Crippen LogP) is 3.11. The number of nitrogens with one attached hydrogen (secondary N) is 2. The van der Waals surface area contributed by atoms with Crippen LogP contribution < -0.4 is 10.6 Å². The molecule has 0 radical (unpaired) electrons. The third-order valence-corrected chi connectivity index (χ3v) is 5.65. The zero-order chi connectivity index (χ0) is 19.4. The number of anilines is 1. The van der Waals surface area contributed by atoms with E-state index in [4.69, 9.17) is 0 Å². The number of aromatic nitrogens is 2. The fourth-order valence-electron chi connectivity index (χ4n) is 3.76. The molecule has 3 amide bonds. The molecule has 28 heavy (non-hydrogen) atoms. The van der Waals surface area contributed by atoms with Crippen LogP contribution in [-0.4, -0.2) is 46.3 Å². The highest BCUT2D eigenvalue weighted by atomic mass is 16.2. The van der Waals surface area contributed by atoms with Crippen molar-refractivity contribution in [1.29, 1.82) is 0 Å². The van der Waals surface area contributed by atoms with E-state index in [9.17, 15) is 9.59 Å². The summed E-state index contributed by atoms with van der Waals surface area (Å²) >= 11 is 0. The minimum atomic E-state index is -0.241. The molecule has 7 heteroatoms. The number of hydrogen-bond donors (Lipinski definition) is 2. The monoisotopic (exact) mass is 381 g/mol. The van der Waals surface area contributed by atoms with Crippen molar-refractivity contribution in [3.63, 3.8) is 0 Å². The molecule has 0 unspecified atom stereocenters. The van der Waals surface area contributed by atoms with Crippen LogP contribution in [0.3, 0.4) is 0 Å². The molecular weight excluding hydrogens is 354 g/mol. The van der Waals surface area contributed by atoms with E-state index in [2.05, 4.69) is 15.7 Å². The van der Waals surface area contributed by atoms with Crippen LogP contribution >= 0.6 is 0 Å². The van der Waals surface area contributed by atoms with Gasteiger partial charge in [-0.25, -0.2) is 4.79 Å². The van der Waals surface area contributed by atoms with Gasteiger partial charge in [0, 0.05) is 55.2 Å². The summed E-state index contributed by atoms with van der Waals surface area (Å²) in [5.41, 5.74) is 1.37. The number of carbonyl (C=O) groups is 2. The summed E-state index contributed by atoms with van der Waals surface area (Å²) in [6.45, 7) is 3.07. The summed E-state index contributed by atoms with van der Waals surface area (Å²) in [5, 5.41) is 10.1. The molecule has 1 aromatic carbocycles. The molecular formula is C21H27N5O2. The molecule has 1 aliphatic heterocycles. The van der Waals surface area contributed by atoms with Gasteiger partial charge in [0.2, 0.25) is 0 Å². The van der Waals surface area contributed by atoms with Crippen LogP contribution in [0.2, 0.25) is 0 Å². The predicted molar refractivity (Wildman–Crippen MR) is 107 cm³/mol. The van der Waals surface area contributed by atoms with Gasteiger partial charge in [-0.05, 0) is 56.4 Å². The van der Waals surface area contributed by atoms with E-state index in [1.807, 2.05) is 40.0 Å². The number of likely N-dealkylation sites (tertiary alicyclic amines) is 1. The first-order chi connectivity index (χ1) is 13.6. The molecule has 2 fully saturated rings. The number of piperidine rings is 1. The molecule has 0 atom stereocenters. The first-order valence-electron chi connectivity index (χ1n) is 10.1. The van der Waals surface area contributed by atoms with Crippen molar-refractivity contribution in [2.45, 2.75) is 38.6 Å². The Kier molecular flexibility index (Phi) is 5.32. The van der Waals surface area contributed by atoms with Gasteiger partial charge in [-0.3, -0.25) is 9.48 Å². The second kappa shape index (κ2) is 8.04. The maximum absolute atomic E-state index is 12.6. The SMILES string of the molecule is O=C(NCC1(Cn2cccn2)CC1)Nc1cccc(C(=O)N2CCCCC2)c1. The average Bonchev–Trinajstić information content (AvgIpc) is 3.29. The van der Waals surface area contributed by atoms with Gasteiger partial charge in [0.15, 0.2) is 0 Å². The van der Waals surface area contributed by atoms with Crippen LogP contribution in [0.1, 0.15) is 42.5 Å². The van der Waals surface area contributed by atoms with Gasteiger partial charge in [0.25, 0.3) is 5.91 Å². The highest BCUT2D eigenvalue weighted by molar-refractivity contribution is 5.97. The maximum Gasteiger partial charge on any atom is 0.319 e. The third-order valence-electron chi connectivity index (χ3n) is 5.65. The van der Waals surface area contributed by atoms with Crippen molar-refractivity contribution >= 4 is 17.6 Å². The lowest BCUT2D eigenvalue weighted by Crippen LogP contribution is -2.36. The van der Waals surface area contributed by atoms with Crippen LogP contribution in [0, 0.1) is 5.41 Å². The van der Waals surface area contributed by atoms with Crippen LogP contribution in [0.25, 0.3) is 0 Å².